The smallest absolute Gasteiger partial charge is 0.321 e. The largest absolute Gasteiger partial charge is 0.335 e. The van der Waals surface area contributed by atoms with Crippen molar-refractivity contribution in [2.45, 2.75) is 76.8 Å². The summed E-state index contributed by atoms with van der Waals surface area (Å²) in [5.74, 6) is 2.05. The Bertz CT molecular complexity index is 462. The first kappa shape index (κ1) is 17.7. The number of urea groups is 1. The Kier molecular flexibility index (Phi) is 5.80. The predicted molar refractivity (Wildman–Crippen MR) is 94.6 cm³/mol. The summed E-state index contributed by atoms with van der Waals surface area (Å²) in [6, 6.07) is 0.317. The van der Waals surface area contributed by atoms with E-state index in [9.17, 15) is 9.59 Å². The maximum absolute atomic E-state index is 12.1. The zero-order valence-electron chi connectivity index (χ0n) is 15.2. The van der Waals surface area contributed by atoms with Crippen molar-refractivity contribution in [2.75, 3.05) is 13.6 Å². The van der Waals surface area contributed by atoms with E-state index in [1.165, 1.54) is 44.9 Å². The lowest BCUT2D eigenvalue weighted by molar-refractivity contribution is -0.121. The molecular formula is C19H33N3O2. The van der Waals surface area contributed by atoms with Gasteiger partial charge in [0.25, 0.3) is 0 Å². The first-order chi connectivity index (χ1) is 11.5. The number of hydrogen-bond donors (Lipinski definition) is 2. The summed E-state index contributed by atoms with van der Waals surface area (Å²) in [6.07, 6.45) is 11.4. The maximum atomic E-state index is 12.1. The fraction of sp³-hybridized carbons (Fsp3) is 0.895. The lowest BCUT2D eigenvalue weighted by Gasteiger charge is -2.31. The Morgan fingerprint density at radius 2 is 1.83 bits per heavy atom. The van der Waals surface area contributed by atoms with Gasteiger partial charge in [0.15, 0.2) is 0 Å². The van der Waals surface area contributed by atoms with E-state index in [4.69, 9.17) is 0 Å². The second-order valence-electron chi connectivity index (χ2n) is 8.36. The molecule has 3 saturated carbocycles. The Hall–Kier alpha value is -1.10. The van der Waals surface area contributed by atoms with Crippen LogP contribution in [0.1, 0.15) is 64.7 Å². The molecule has 0 aromatic carbocycles. The number of imide groups is 1. The highest BCUT2D eigenvalue weighted by Crippen LogP contribution is 2.49. The van der Waals surface area contributed by atoms with Crippen LogP contribution in [0.3, 0.4) is 0 Å². The number of carbonyl (C=O) groups is 2. The minimum absolute atomic E-state index is 0.157. The minimum atomic E-state index is -0.327. The number of nitrogens with zero attached hydrogens (tertiary/aromatic N) is 1. The second kappa shape index (κ2) is 7.85. The fourth-order valence-corrected chi connectivity index (χ4v) is 5.30. The van der Waals surface area contributed by atoms with E-state index in [0.29, 0.717) is 18.5 Å². The molecule has 0 heterocycles. The van der Waals surface area contributed by atoms with Crippen LogP contribution in [0.15, 0.2) is 0 Å². The van der Waals surface area contributed by atoms with Gasteiger partial charge in [-0.1, -0.05) is 25.7 Å². The van der Waals surface area contributed by atoms with E-state index < -0.39 is 0 Å². The van der Waals surface area contributed by atoms with Crippen molar-refractivity contribution in [1.29, 1.82) is 0 Å². The molecule has 4 atom stereocenters. The number of hydrogen-bond acceptors (Lipinski definition) is 3. The van der Waals surface area contributed by atoms with E-state index in [-0.39, 0.29) is 18.0 Å². The molecule has 5 heteroatoms. The highest BCUT2D eigenvalue weighted by atomic mass is 16.2. The zero-order chi connectivity index (χ0) is 17.1. The summed E-state index contributed by atoms with van der Waals surface area (Å²) < 4.78 is 0. The van der Waals surface area contributed by atoms with Crippen molar-refractivity contribution in [3.63, 3.8) is 0 Å². The Labute approximate surface area is 145 Å². The molecule has 0 aromatic rings. The number of carbonyl (C=O) groups excluding carboxylic acids is 2. The molecule has 2 N–H and O–H groups in total. The van der Waals surface area contributed by atoms with Crippen LogP contribution in [0.4, 0.5) is 4.79 Å². The molecule has 3 aliphatic carbocycles. The molecule has 0 radical (unpaired) electrons. The highest BCUT2D eigenvalue weighted by molar-refractivity contribution is 5.95. The molecular weight excluding hydrogens is 302 g/mol. The number of nitrogens with one attached hydrogen (secondary N) is 2. The zero-order valence-corrected chi connectivity index (χ0v) is 15.2. The topological polar surface area (TPSA) is 61.4 Å². The van der Waals surface area contributed by atoms with Gasteiger partial charge in [0, 0.05) is 12.1 Å². The first-order valence-corrected chi connectivity index (χ1v) is 9.83. The summed E-state index contributed by atoms with van der Waals surface area (Å²) >= 11 is 0. The number of likely N-dealkylation sites (N-methyl/N-ethyl adjacent to an activating group) is 1. The van der Waals surface area contributed by atoms with E-state index in [0.717, 1.165) is 24.7 Å². The van der Waals surface area contributed by atoms with Gasteiger partial charge in [-0.05, 0) is 63.8 Å². The minimum Gasteiger partial charge on any atom is -0.335 e. The lowest BCUT2D eigenvalue weighted by Crippen LogP contribution is -2.50. The molecule has 3 aliphatic rings. The molecule has 4 unspecified atom stereocenters. The molecule has 3 amide bonds. The monoisotopic (exact) mass is 335 g/mol. The van der Waals surface area contributed by atoms with Crippen molar-refractivity contribution >= 4 is 11.9 Å². The molecule has 0 aliphatic heterocycles. The van der Waals surface area contributed by atoms with E-state index in [1.807, 2.05) is 7.05 Å². The second-order valence-corrected chi connectivity index (χ2v) is 8.36. The predicted octanol–water partition coefficient (Wildman–Crippen LogP) is 2.90. The van der Waals surface area contributed by atoms with Crippen molar-refractivity contribution < 1.29 is 9.59 Å². The standard InChI is InChI=1S/C19H33N3O2/c1-13(17-11-14-8-9-15(17)10-14)20-19(24)21-18(23)12-22(2)16-6-4-3-5-7-16/h13-17H,3-12H2,1-2H3,(H2,20,21,23,24). The molecule has 24 heavy (non-hydrogen) atoms. The van der Waals surface area contributed by atoms with Crippen LogP contribution in [-0.2, 0) is 4.79 Å². The average molecular weight is 335 g/mol. The first-order valence-electron chi connectivity index (χ1n) is 9.83. The molecule has 5 nitrogen and oxygen atoms in total. The van der Waals surface area contributed by atoms with E-state index >= 15 is 0 Å². The van der Waals surface area contributed by atoms with Crippen LogP contribution in [0.2, 0.25) is 0 Å². The molecule has 3 fully saturated rings. The summed E-state index contributed by atoms with van der Waals surface area (Å²) in [4.78, 5) is 26.3. The van der Waals surface area contributed by atoms with Crippen molar-refractivity contribution in [2.24, 2.45) is 17.8 Å². The van der Waals surface area contributed by atoms with Crippen LogP contribution in [0.25, 0.3) is 0 Å². The number of fused-ring (bicyclic) bond motifs is 2. The average Bonchev–Trinajstić information content (AvgIpc) is 3.18. The van der Waals surface area contributed by atoms with Crippen molar-refractivity contribution in [3.05, 3.63) is 0 Å². The third kappa shape index (κ3) is 4.29. The SMILES string of the molecule is CC(NC(=O)NC(=O)CN(C)C1CCCCC1)C1CC2CCC1C2. The Morgan fingerprint density at radius 3 is 2.46 bits per heavy atom. The third-order valence-electron chi connectivity index (χ3n) is 6.64. The molecule has 136 valence electrons. The quantitative estimate of drug-likeness (QED) is 0.812. The Balaban J connectivity index is 1.38. The van der Waals surface area contributed by atoms with Gasteiger partial charge in [-0.3, -0.25) is 15.0 Å². The summed E-state index contributed by atoms with van der Waals surface area (Å²) in [5.41, 5.74) is 0. The van der Waals surface area contributed by atoms with Gasteiger partial charge >= 0.3 is 6.03 Å². The van der Waals surface area contributed by atoms with E-state index in [1.54, 1.807) is 0 Å². The van der Waals surface area contributed by atoms with Gasteiger partial charge < -0.3 is 5.32 Å². The van der Waals surface area contributed by atoms with Gasteiger partial charge in [-0.25, -0.2) is 4.79 Å². The van der Waals surface area contributed by atoms with Gasteiger partial charge in [0.05, 0.1) is 6.54 Å². The van der Waals surface area contributed by atoms with Gasteiger partial charge in [0.1, 0.15) is 0 Å². The summed E-state index contributed by atoms with van der Waals surface area (Å²) in [5, 5.41) is 5.52. The maximum Gasteiger partial charge on any atom is 0.321 e. The fourth-order valence-electron chi connectivity index (χ4n) is 5.30. The molecule has 0 saturated heterocycles. The number of amides is 3. The summed E-state index contributed by atoms with van der Waals surface area (Å²) in [6.45, 7) is 2.39. The van der Waals surface area contributed by atoms with E-state index in [2.05, 4.69) is 22.5 Å². The molecule has 0 aromatic heterocycles. The van der Waals surface area contributed by atoms with Gasteiger partial charge in [-0.15, -0.1) is 0 Å². The van der Waals surface area contributed by atoms with Gasteiger partial charge in [0.2, 0.25) is 5.91 Å². The van der Waals surface area contributed by atoms with Crippen molar-refractivity contribution in [1.82, 2.24) is 15.5 Å². The highest BCUT2D eigenvalue weighted by Gasteiger charge is 2.42. The van der Waals surface area contributed by atoms with Crippen molar-refractivity contribution in [3.8, 4) is 0 Å². The molecule has 3 rings (SSSR count). The van der Waals surface area contributed by atoms with Crippen LogP contribution in [-0.4, -0.2) is 42.5 Å². The van der Waals surface area contributed by atoms with Crippen LogP contribution in [0.5, 0.6) is 0 Å². The molecule has 0 spiro atoms. The lowest BCUT2D eigenvalue weighted by atomic mass is 9.84. The molecule has 2 bridgehead atoms. The normalized spacial score (nSPS) is 31.2. The van der Waals surface area contributed by atoms with Crippen LogP contribution < -0.4 is 10.6 Å². The number of rotatable bonds is 5. The van der Waals surface area contributed by atoms with Crippen LogP contribution >= 0.6 is 0 Å². The van der Waals surface area contributed by atoms with Gasteiger partial charge in [-0.2, -0.15) is 0 Å². The third-order valence-corrected chi connectivity index (χ3v) is 6.64. The van der Waals surface area contributed by atoms with Crippen LogP contribution in [0, 0.1) is 17.8 Å². The Morgan fingerprint density at radius 1 is 1.08 bits per heavy atom. The summed E-state index contributed by atoms with van der Waals surface area (Å²) in [7, 11) is 1.99.